The van der Waals surface area contributed by atoms with Crippen LogP contribution in [-0.4, -0.2) is 9.38 Å². The minimum atomic E-state index is 0.931. The van der Waals surface area contributed by atoms with Crippen molar-refractivity contribution in [2.75, 3.05) is 0 Å². The zero-order valence-corrected chi connectivity index (χ0v) is 13.3. The van der Waals surface area contributed by atoms with Crippen LogP contribution in [0.3, 0.4) is 0 Å². The molecule has 3 rings (SSSR count). The van der Waals surface area contributed by atoms with Gasteiger partial charge in [-0.25, -0.2) is 4.98 Å². The Morgan fingerprint density at radius 2 is 1.75 bits per heavy atom. The van der Waals surface area contributed by atoms with Crippen LogP contribution in [0.5, 0.6) is 0 Å². The Kier molecular flexibility index (Phi) is 3.62. The predicted octanol–water partition coefficient (Wildman–Crippen LogP) is 4.50. The summed E-state index contributed by atoms with van der Waals surface area (Å²) in [4.78, 5) is 4.66. The maximum absolute atomic E-state index is 4.66. The van der Waals surface area contributed by atoms with Crippen LogP contribution in [0.4, 0.5) is 0 Å². The molecule has 0 saturated carbocycles. The Bertz CT molecular complexity index is 742. The van der Waals surface area contributed by atoms with Gasteiger partial charge in [0.1, 0.15) is 10.4 Å². The van der Waals surface area contributed by atoms with Gasteiger partial charge in [0.05, 0.1) is 5.52 Å². The number of aromatic nitrogens is 2. The van der Waals surface area contributed by atoms with Crippen molar-refractivity contribution in [2.45, 2.75) is 26.7 Å². The lowest BCUT2D eigenvalue weighted by Crippen LogP contribution is -2.00. The third-order valence-corrected chi connectivity index (χ3v) is 4.22. The van der Waals surface area contributed by atoms with Crippen molar-refractivity contribution in [1.29, 1.82) is 0 Å². The van der Waals surface area contributed by atoms with Crippen LogP contribution < -0.4 is 0 Å². The number of halogens is 1. The fourth-order valence-corrected chi connectivity index (χ4v) is 3.03. The van der Waals surface area contributed by atoms with Gasteiger partial charge in [-0.2, -0.15) is 0 Å². The fourth-order valence-electron chi connectivity index (χ4n) is 2.52. The van der Waals surface area contributed by atoms with Gasteiger partial charge in [0, 0.05) is 12.1 Å². The third kappa shape index (κ3) is 2.50. The van der Waals surface area contributed by atoms with E-state index < -0.39 is 0 Å². The van der Waals surface area contributed by atoms with Crippen LogP contribution >= 0.6 is 15.9 Å². The number of nitrogens with zero attached hydrogens (tertiary/aromatic N) is 2. The molecule has 0 saturated heterocycles. The van der Waals surface area contributed by atoms with E-state index in [1.54, 1.807) is 0 Å². The molecule has 0 bridgehead atoms. The fraction of sp³-hybridized carbons (Fsp3) is 0.235. The second kappa shape index (κ2) is 5.41. The summed E-state index contributed by atoms with van der Waals surface area (Å²) in [6, 6.07) is 15.0. The zero-order valence-electron chi connectivity index (χ0n) is 11.7. The lowest BCUT2D eigenvalue weighted by molar-refractivity contribution is 0.839. The summed E-state index contributed by atoms with van der Waals surface area (Å²) in [7, 11) is 0. The molecule has 0 N–H and O–H groups in total. The Morgan fingerprint density at radius 1 is 1.00 bits per heavy atom. The molecule has 1 aromatic carbocycles. The molecule has 0 amide bonds. The second-order valence-electron chi connectivity index (χ2n) is 5.19. The van der Waals surface area contributed by atoms with Crippen LogP contribution in [0, 0.1) is 13.8 Å². The van der Waals surface area contributed by atoms with E-state index in [4.69, 9.17) is 0 Å². The Balaban J connectivity index is 1.89. The number of benzene rings is 1. The summed E-state index contributed by atoms with van der Waals surface area (Å²) in [6.07, 6.45) is 1.96. The lowest BCUT2D eigenvalue weighted by atomic mass is 10.1. The molecule has 3 heteroatoms. The van der Waals surface area contributed by atoms with E-state index in [0.29, 0.717) is 0 Å². The lowest BCUT2D eigenvalue weighted by Gasteiger charge is -2.05. The number of fused-ring (bicyclic) bond motifs is 1. The molecule has 0 aliphatic rings. The first-order valence-corrected chi connectivity index (χ1v) is 7.62. The molecule has 0 radical (unpaired) electrons. The first-order chi connectivity index (χ1) is 9.65. The maximum Gasteiger partial charge on any atom is 0.132 e. The van der Waals surface area contributed by atoms with Gasteiger partial charge in [-0.1, -0.05) is 35.9 Å². The Morgan fingerprint density at radius 3 is 2.50 bits per heavy atom. The highest BCUT2D eigenvalue weighted by molar-refractivity contribution is 9.10. The zero-order chi connectivity index (χ0) is 14.1. The highest BCUT2D eigenvalue weighted by atomic mass is 79.9. The van der Waals surface area contributed by atoms with Gasteiger partial charge in [0.25, 0.3) is 0 Å². The molecule has 3 aromatic rings. The van der Waals surface area contributed by atoms with Gasteiger partial charge >= 0.3 is 0 Å². The van der Waals surface area contributed by atoms with Crippen LogP contribution in [0.15, 0.2) is 47.1 Å². The number of hydrogen-bond acceptors (Lipinski definition) is 1. The predicted molar refractivity (Wildman–Crippen MR) is 86.2 cm³/mol. The summed E-state index contributed by atoms with van der Waals surface area (Å²) in [6.45, 7) is 4.24. The third-order valence-electron chi connectivity index (χ3n) is 3.64. The normalized spacial score (nSPS) is 11.2. The van der Waals surface area contributed by atoms with Crippen molar-refractivity contribution in [3.63, 3.8) is 0 Å². The van der Waals surface area contributed by atoms with E-state index in [1.807, 2.05) is 0 Å². The highest BCUT2D eigenvalue weighted by Crippen LogP contribution is 2.21. The number of rotatable bonds is 3. The van der Waals surface area contributed by atoms with Crippen molar-refractivity contribution in [1.82, 2.24) is 9.38 Å². The topological polar surface area (TPSA) is 17.3 Å². The molecular formula is C17H17BrN2. The minimum absolute atomic E-state index is 0.931. The van der Waals surface area contributed by atoms with Crippen molar-refractivity contribution < 1.29 is 0 Å². The van der Waals surface area contributed by atoms with Crippen LogP contribution in [0.2, 0.25) is 0 Å². The average Bonchev–Trinajstić information content (AvgIpc) is 2.77. The largest absolute Gasteiger partial charge is 0.300 e. The number of imidazole rings is 1. The van der Waals surface area contributed by atoms with Gasteiger partial charge in [-0.05, 0) is 53.9 Å². The first kappa shape index (κ1) is 13.4. The van der Waals surface area contributed by atoms with E-state index in [2.05, 4.69) is 81.6 Å². The van der Waals surface area contributed by atoms with Gasteiger partial charge < -0.3 is 0 Å². The van der Waals surface area contributed by atoms with Crippen molar-refractivity contribution >= 4 is 21.4 Å². The molecule has 20 heavy (non-hydrogen) atoms. The van der Waals surface area contributed by atoms with E-state index >= 15 is 0 Å². The molecule has 0 aliphatic heterocycles. The quantitative estimate of drug-likeness (QED) is 0.692. The molecule has 2 heterocycles. The second-order valence-corrected chi connectivity index (χ2v) is 5.94. The molecule has 2 nitrogen and oxygen atoms in total. The van der Waals surface area contributed by atoms with Gasteiger partial charge in [-0.15, -0.1) is 0 Å². The minimum Gasteiger partial charge on any atom is -0.300 e. The van der Waals surface area contributed by atoms with E-state index in [-0.39, 0.29) is 0 Å². The SMILES string of the molecule is Cc1ccc(CCc2nc(Br)c3cccc(C)n23)cc1. The molecule has 2 aromatic heterocycles. The highest BCUT2D eigenvalue weighted by Gasteiger charge is 2.10. The summed E-state index contributed by atoms with van der Waals surface area (Å²) in [5.41, 5.74) is 5.03. The van der Waals surface area contributed by atoms with Crippen LogP contribution in [0.25, 0.3) is 5.52 Å². The van der Waals surface area contributed by atoms with E-state index in [0.717, 1.165) is 28.8 Å². The summed E-state index contributed by atoms with van der Waals surface area (Å²) in [5, 5.41) is 0. The van der Waals surface area contributed by atoms with E-state index in [1.165, 1.54) is 16.8 Å². The number of pyridine rings is 1. The molecule has 0 aliphatic carbocycles. The Labute approximate surface area is 127 Å². The van der Waals surface area contributed by atoms with E-state index in [9.17, 15) is 0 Å². The van der Waals surface area contributed by atoms with Crippen molar-refractivity contribution in [2.24, 2.45) is 0 Å². The van der Waals surface area contributed by atoms with Crippen molar-refractivity contribution in [3.8, 4) is 0 Å². The van der Waals surface area contributed by atoms with Crippen LogP contribution in [0.1, 0.15) is 22.6 Å². The monoisotopic (exact) mass is 328 g/mol. The van der Waals surface area contributed by atoms with Gasteiger partial charge in [0.2, 0.25) is 0 Å². The molecule has 0 spiro atoms. The average molecular weight is 329 g/mol. The van der Waals surface area contributed by atoms with Crippen molar-refractivity contribution in [3.05, 3.63) is 69.7 Å². The molecule has 0 unspecified atom stereocenters. The standard InChI is InChI=1S/C17H17BrN2/c1-12-6-8-14(9-7-12)10-11-16-19-17(18)15-5-3-4-13(2)20(15)16/h3-9H,10-11H2,1-2H3. The first-order valence-electron chi connectivity index (χ1n) is 6.83. The summed E-state index contributed by atoms with van der Waals surface area (Å²) in [5.74, 6) is 1.12. The van der Waals surface area contributed by atoms with Gasteiger partial charge in [-0.3, -0.25) is 4.40 Å². The molecule has 0 fully saturated rings. The van der Waals surface area contributed by atoms with Gasteiger partial charge in [0.15, 0.2) is 0 Å². The molecular weight excluding hydrogens is 312 g/mol. The summed E-state index contributed by atoms with van der Waals surface area (Å²) >= 11 is 3.56. The smallest absolute Gasteiger partial charge is 0.132 e. The number of aryl methyl sites for hydroxylation is 4. The van der Waals surface area contributed by atoms with Crippen LogP contribution in [-0.2, 0) is 12.8 Å². The summed E-state index contributed by atoms with van der Waals surface area (Å²) < 4.78 is 3.17. The molecule has 102 valence electrons. The Hall–Kier alpha value is -1.61. The maximum atomic E-state index is 4.66. The number of hydrogen-bond donors (Lipinski definition) is 0. The molecule has 0 atom stereocenters.